The van der Waals surface area contributed by atoms with E-state index in [-0.39, 0.29) is 17.6 Å². The molecule has 9 nitrogen and oxygen atoms in total. The van der Waals surface area contributed by atoms with E-state index >= 15 is 0 Å². The normalized spacial score (nSPS) is 15.1. The summed E-state index contributed by atoms with van der Waals surface area (Å²) in [4.78, 5) is 25.7. The number of amides is 1. The number of pyridine rings is 1. The number of morpholine rings is 1. The maximum Gasteiger partial charge on any atom is 0.304 e. The fraction of sp³-hybridized carbons (Fsp3) is 0.429. The lowest BCUT2D eigenvalue weighted by molar-refractivity contribution is -0.114. The summed E-state index contributed by atoms with van der Waals surface area (Å²) in [6, 6.07) is 4.96. The van der Waals surface area contributed by atoms with Gasteiger partial charge in [0, 0.05) is 63.4 Å². The van der Waals surface area contributed by atoms with Crippen LogP contribution < -0.4 is 10.1 Å². The van der Waals surface area contributed by atoms with Gasteiger partial charge in [-0.25, -0.2) is 9.97 Å². The second-order valence-electron chi connectivity index (χ2n) is 7.57. The number of hydrogen-bond acceptors (Lipinski definition) is 7. The number of nitrogens with zero attached hydrogens (tertiary/aromatic N) is 5. The van der Waals surface area contributed by atoms with E-state index in [1.807, 2.05) is 0 Å². The van der Waals surface area contributed by atoms with Crippen molar-refractivity contribution < 1.29 is 23.0 Å². The Labute approximate surface area is 183 Å². The number of halogens is 2. The second kappa shape index (κ2) is 9.13. The fourth-order valence-corrected chi connectivity index (χ4v) is 3.39. The number of anilines is 1. The van der Waals surface area contributed by atoms with E-state index in [1.165, 1.54) is 13.0 Å². The molecule has 3 aromatic rings. The van der Waals surface area contributed by atoms with Gasteiger partial charge in [0.15, 0.2) is 0 Å². The summed E-state index contributed by atoms with van der Waals surface area (Å²) in [6.45, 7) is 6.00. The van der Waals surface area contributed by atoms with Gasteiger partial charge in [-0.1, -0.05) is 0 Å². The molecule has 4 heterocycles. The Morgan fingerprint density at radius 2 is 2.06 bits per heavy atom. The summed E-state index contributed by atoms with van der Waals surface area (Å²) in [5.74, 6) is -3.49. The minimum absolute atomic E-state index is 0.0674. The number of fused-ring (bicyclic) bond motifs is 1. The molecule has 0 bridgehead atoms. The molecule has 0 unspecified atom stereocenters. The summed E-state index contributed by atoms with van der Waals surface area (Å²) >= 11 is 0. The summed E-state index contributed by atoms with van der Waals surface area (Å²) in [5.41, 5.74) is 0.645. The molecule has 0 aromatic carbocycles. The highest BCUT2D eigenvalue weighted by Gasteiger charge is 2.30. The number of ether oxygens (including phenoxy) is 2. The van der Waals surface area contributed by atoms with Crippen LogP contribution in [0.2, 0.25) is 0 Å². The standard InChI is InChI=1S/C21H24F2N6O3/c1-14(30)25-17-11-16-15(13-24-17)3-4-29(16)18-12-19(27-20(26-18)21(2,22)23)32-10-7-28-5-8-31-9-6-28/h3-4,11-13H,5-10H2,1-2H3,(H,24,25,30). The van der Waals surface area contributed by atoms with Crippen LogP contribution in [-0.2, 0) is 15.5 Å². The first kappa shape index (κ1) is 22.0. The molecule has 0 spiro atoms. The highest BCUT2D eigenvalue weighted by atomic mass is 19.3. The average Bonchev–Trinajstić information content (AvgIpc) is 3.16. The molecule has 0 atom stereocenters. The average molecular weight is 446 g/mol. The van der Waals surface area contributed by atoms with E-state index in [9.17, 15) is 13.6 Å². The van der Waals surface area contributed by atoms with Gasteiger partial charge in [-0.2, -0.15) is 13.8 Å². The van der Waals surface area contributed by atoms with Crippen LogP contribution in [0.5, 0.6) is 5.88 Å². The molecule has 1 aliphatic heterocycles. The Morgan fingerprint density at radius 1 is 1.28 bits per heavy atom. The van der Waals surface area contributed by atoms with Gasteiger partial charge < -0.3 is 19.4 Å². The zero-order chi connectivity index (χ0) is 22.7. The van der Waals surface area contributed by atoms with Gasteiger partial charge >= 0.3 is 5.92 Å². The molecule has 0 radical (unpaired) electrons. The number of carbonyl (C=O) groups excluding carboxylic acids is 1. The summed E-state index contributed by atoms with van der Waals surface area (Å²) in [7, 11) is 0. The highest BCUT2D eigenvalue weighted by molar-refractivity contribution is 5.91. The minimum Gasteiger partial charge on any atom is -0.476 e. The Hall–Kier alpha value is -3.18. The van der Waals surface area contributed by atoms with Gasteiger partial charge in [0.05, 0.1) is 18.7 Å². The van der Waals surface area contributed by atoms with Crippen molar-refractivity contribution in [2.75, 3.05) is 44.8 Å². The first-order valence-electron chi connectivity index (χ1n) is 10.2. The molecule has 32 heavy (non-hydrogen) atoms. The van der Waals surface area contributed by atoms with Gasteiger partial charge in [0.1, 0.15) is 18.2 Å². The number of nitrogens with one attached hydrogen (secondary N) is 1. The number of carbonyl (C=O) groups is 1. The molecule has 170 valence electrons. The molecule has 3 aromatic heterocycles. The van der Waals surface area contributed by atoms with Gasteiger partial charge in [-0.05, 0) is 6.07 Å². The molecule has 1 saturated heterocycles. The first-order chi connectivity index (χ1) is 15.3. The van der Waals surface area contributed by atoms with E-state index in [2.05, 4.69) is 25.2 Å². The van der Waals surface area contributed by atoms with E-state index in [0.717, 1.165) is 25.4 Å². The molecule has 11 heteroatoms. The summed E-state index contributed by atoms with van der Waals surface area (Å²) < 4.78 is 40.9. The van der Waals surface area contributed by atoms with E-state index < -0.39 is 11.7 Å². The fourth-order valence-electron chi connectivity index (χ4n) is 3.39. The lowest BCUT2D eigenvalue weighted by Gasteiger charge is -2.26. The molecule has 4 rings (SSSR count). The topological polar surface area (TPSA) is 94.4 Å². The lowest BCUT2D eigenvalue weighted by Crippen LogP contribution is -2.38. The van der Waals surface area contributed by atoms with Crippen molar-refractivity contribution in [2.45, 2.75) is 19.8 Å². The van der Waals surface area contributed by atoms with Gasteiger partial charge in [0.2, 0.25) is 17.6 Å². The van der Waals surface area contributed by atoms with Crippen LogP contribution in [0.4, 0.5) is 14.6 Å². The summed E-state index contributed by atoms with van der Waals surface area (Å²) in [6.07, 6.45) is 3.29. The summed E-state index contributed by atoms with van der Waals surface area (Å²) in [5, 5.41) is 3.38. The first-order valence-corrected chi connectivity index (χ1v) is 10.2. The number of hydrogen-bond donors (Lipinski definition) is 1. The van der Waals surface area contributed by atoms with E-state index in [1.54, 1.807) is 29.1 Å². The van der Waals surface area contributed by atoms with E-state index in [4.69, 9.17) is 9.47 Å². The van der Waals surface area contributed by atoms with Crippen molar-refractivity contribution in [2.24, 2.45) is 0 Å². The molecule has 1 amide bonds. The van der Waals surface area contributed by atoms with Gasteiger partial charge in [0.25, 0.3) is 0 Å². The lowest BCUT2D eigenvalue weighted by atomic mass is 10.3. The molecule has 1 fully saturated rings. The van der Waals surface area contributed by atoms with Gasteiger partial charge in [-0.3, -0.25) is 9.69 Å². The van der Waals surface area contributed by atoms with Crippen molar-refractivity contribution in [3.05, 3.63) is 36.4 Å². The third kappa shape index (κ3) is 5.17. The maximum absolute atomic E-state index is 14.1. The zero-order valence-electron chi connectivity index (χ0n) is 17.8. The third-order valence-electron chi connectivity index (χ3n) is 4.97. The Kier molecular flexibility index (Phi) is 6.28. The van der Waals surface area contributed by atoms with Crippen molar-refractivity contribution >= 4 is 22.6 Å². The largest absolute Gasteiger partial charge is 0.476 e. The third-order valence-corrected chi connectivity index (χ3v) is 4.97. The Morgan fingerprint density at radius 3 is 2.78 bits per heavy atom. The Balaban J connectivity index is 1.64. The maximum atomic E-state index is 14.1. The quantitative estimate of drug-likeness (QED) is 0.596. The van der Waals surface area contributed by atoms with E-state index in [0.29, 0.717) is 37.7 Å². The second-order valence-corrected chi connectivity index (χ2v) is 7.57. The highest BCUT2D eigenvalue weighted by Crippen LogP contribution is 2.28. The van der Waals surface area contributed by atoms with Crippen molar-refractivity contribution in [1.29, 1.82) is 0 Å². The van der Waals surface area contributed by atoms with Crippen LogP contribution in [0.3, 0.4) is 0 Å². The van der Waals surface area contributed by atoms with Crippen molar-refractivity contribution in [3.8, 4) is 11.7 Å². The van der Waals surface area contributed by atoms with Gasteiger partial charge in [-0.15, -0.1) is 0 Å². The molecular formula is C21H24F2N6O3. The number of rotatable bonds is 7. The van der Waals surface area contributed by atoms with Crippen LogP contribution in [0, 0.1) is 0 Å². The Bertz CT molecular complexity index is 1110. The SMILES string of the molecule is CC(=O)Nc1cc2c(ccn2-c2cc(OCCN3CCOCC3)nc(C(C)(F)F)n2)cn1. The van der Waals surface area contributed by atoms with Crippen LogP contribution in [0.25, 0.3) is 16.7 Å². The molecular weight excluding hydrogens is 422 g/mol. The molecule has 0 aliphatic carbocycles. The van der Waals surface area contributed by atoms with Crippen LogP contribution in [0.15, 0.2) is 30.6 Å². The van der Waals surface area contributed by atoms with Crippen LogP contribution in [0.1, 0.15) is 19.7 Å². The van der Waals surface area contributed by atoms with Crippen molar-refractivity contribution in [3.63, 3.8) is 0 Å². The molecule has 1 aliphatic rings. The minimum atomic E-state index is -3.25. The van der Waals surface area contributed by atoms with Crippen LogP contribution in [-0.4, -0.2) is 69.8 Å². The predicted octanol–water partition coefficient (Wildman–Crippen LogP) is 2.60. The predicted molar refractivity (Wildman–Crippen MR) is 113 cm³/mol. The monoisotopic (exact) mass is 446 g/mol. The van der Waals surface area contributed by atoms with Crippen LogP contribution >= 0.6 is 0 Å². The number of alkyl halides is 2. The zero-order valence-corrected chi connectivity index (χ0v) is 17.8. The number of aromatic nitrogens is 4. The smallest absolute Gasteiger partial charge is 0.304 e. The molecule has 0 saturated carbocycles. The molecule has 1 N–H and O–H groups in total. The van der Waals surface area contributed by atoms with Crippen molar-refractivity contribution in [1.82, 2.24) is 24.4 Å².